The molecule has 2 atom stereocenters. The molecule has 1 aromatic carbocycles. The van der Waals surface area contributed by atoms with Crippen molar-refractivity contribution >= 4 is 21.4 Å². The Hall–Kier alpha value is -1.71. The van der Waals surface area contributed by atoms with E-state index in [4.69, 9.17) is 4.74 Å². The molecule has 2 saturated heterocycles. The zero-order valence-electron chi connectivity index (χ0n) is 15.9. The summed E-state index contributed by atoms with van der Waals surface area (Å²) in [6, 6.07) is 4.32. The Morgan fingerprint density at radius 1 is 1.14 bits per heavy atom. The summed E-state index contributed by atoms with van der Waals surface area (Å²) >= 11 is 0. The zero-order valence-corrected chi connectivity index (χ0v) is 16.7. The van der Waals surface area contributed by atoms with Crippen molar-refractivity contribution in [2.24, 2.45) is 5.92 Å². The third kappa shape index (κ3) is 4.16. The number of nitro groups is 1. The molecule has 0 aromatic heterocycles. The van der Waals surface area contributed by atoms with Crippen molar-refractivity contribution in [2.75, 3.05) is 25.0 Å². The molecule has 28 heavy (non-hydrogen) atoms. The highest BCUT2D eigenvalue weighted by atomic mass is 32.2. The number of hydrogen-bond donors (Lipinski definition) is 1. The van der Waals surface area contributed by atoms with Gasteiger partial charge in [-0.15, -0.1) is 0 Å². The minimum absolute atomic E-state index is 0.00511. The lowest BCUT2D eigenvalue weighted by Gasteiger charge is -2.31. The van der Waals surface area contributed by atoms with E-state index in [0.717, 1.165) is 32.1 Å². The average Bonchev–Trinajstić information content (AvgIpc) is 3.54. The van der Waals surface area contributed by atoms with Gasteiger partial charge in [0.15, 0.2) is 0 Å². The summed E-state index contributed by atoms with van der Waals surface area (Å²) in [5.41, 5.74) is 0.191. The normalized spacial score (nSPS) is 26.7. The fourth-order valence-electron chi connectivity index (χ4n) is 4.17. The summed E-state index contributed by atoms with van der Waals surface area (Å²) in [5, 5.41) is 14.9. The first-order valence-corrected chi connectivity index (χ1v) is 11.6. The van der Waals surface area contributed by atoms with Gasteiger partial charge in [0.1, 0.15) is 5.69 Å². The number of sulfonamides is 1. The van der Waals surface area contributed by atoms with Gasteiger partial charge in [-0.2, -0.15) is 4.31 Å². The van der Waals surface area contributed by atoms with Crippen LogP contribution in [-0.4, -0.2) is 49.5 Å². The summed E-state index contributed by atoms with van der Waals surface area (Å²) < 4.78 is 33.0. The summed E-state index contributed by atoms with van der Waals surface area (Å²) in [4.78, 5) is 11.1. The molecule has 1 aliphatic carbocycles. The summed E-state index contributed by atoms with van der Waals surface area (Å²) in [6.45, 7) is 1.59. The molecule has 0 bridgehead atoms. The molecule has 1 saturated carbocycles. The molecule has 2 heterocycles. The van der Waals surface area contributed by atoms with Crippen LogP contribution in [0.5, 0.6) is 0 Å². The van der Waals surface area contributed by atoms with E-state index in [9.17, 15) is 18.5 Å². The average molecular weight is 410 g/mol. The first-order chi connectivity index (χ1) is 13.4. The number of nitrogens with zero attached hydrogens (tertiary/aromatic N) is 2. The smallest absolute Gasteiger partial charge is 0.293 e. The lowest BCUT2D eigenvalue weighted by atomic mass is 9.99. The quantitative estimate of drug-likeness (QED) is 0.572. The van der Waals surface area contributed by atoms with Crippen LogP contribution in [0.3, 0.4) is 0 Å². The number of nitrogens with one attached hydrogen (secondary N) is 1. The lowest BCUT2D eigenvalue weighted by molar-refractivity contribution is -0.384. The molecular formula is C19H27N3O5S. The van der Waals surface area contributed by atoms with Gasteiger partial charge in [-0.3, -0.25) is 10.1 Å². The Bertz CT molecular complexity index is 834. The van der Waals surface area contributed by atoms with Gasteiger partial charge in [-0.1, -0.05) is 6.42 Å². The van der Waals surface area contributed by atoms with E-state index in [-0.39, 0.29) is 22.7 Å². The van der Waals surface area contributed by atoms with Crippen molar-refractivity contribution in [3.05, 3.63) is 28.3 Å². The number of rotatable bonds is 6. The maximum absolute atomic E-state index is 12.9. The van der Waals surface area contributed by atoms with Crippen LogP contribution in [0.4, 0.5) is 11.4 Å². The maximum Gasteiger partial charge on any atom is 0.293 e. The van der Waals surface area contributed by atoms with Gasteiger partial charge in [-0.25, -0.2) is 8.42 Å². The van der Waals surface area contributed by atoms with Crippen LogP contribution in [0.25, 0.3) is 0 Å². The van der Waals surface area contributed by atoms with Gasteiger partial charge in [0.05, 0.1) is 15.9 Å². The van der Waals surface area contributed by atoms with Crippen LogP contribution in [0, 0.1) is 16.0 Å². The lowest BCUT2D eigenvalue weighted by Crippen LogP contribution is -2.36. The van der Waals surface area contributed by atoms with E-state index in [1.54, 1.807) is 0 Å². The molecule has 1 N–H and O–H groups in total. The standard InChI is InChI=1S/C19H27N3O5S/c23-22(24)18-13-16(28(25,26)21-9-2-1-3-10-21)6-7-17(18)20-15-8-11-27-19(12-15)14-4-5-14/h6-7,13-15,19-20H,1-5,8-12H2. The third-order valence-corrected chi connectivity index (χ3v) is 7.84. The van der Waals surface area contributed by atoms with Crippen molar-refractivity contribution in [2.45, 2.75) is 62.0 Å². The molecule has 8 nitrogen and oxygen atoms in total. The highest BCUT2D eigenvalue weighted by molar-refractivity contribution is 7.89. The molecule has 0 radical (unpaired) electrons. The van der Waals surface area contributed by atoms with Gasteiger partial charge in [0, 0.05) is 31.8 Å². The monoisotopic (exact) mass is 409 g/mol. The minimum Gasteiger partial charge on any atom is -0.378 e. The molecule has 0 amide bonds. The molecule has 2 unspecified atom stereocenters. The number of anilines is 1. The van der Waals surface area contributed by atoms with Crippen molar-refractivity contribution in [1.29, 1.82) is 0 Å². The molecule has 1 aromatic rings. The maximum atomic E-state index is 12.9. The predicted molar refractivity (Wildman–Crippen MR) is 105 cm³/mol. The van der Waals surface area contributed by atoms with E-state index in [1.807, 2.05) is 0 Å². The topological polar surface area (TPSA) is 102 Å². The van der Waals surface area contributed by atoms with Crippen molar-refractivity contribution in [3.63, 3.8) is 0 Å². The van der Waals surface area contributed by atoms with Crippen molar-refractivity contribution < 1.29 is 18.1 Å². The highest BCUT2D eigenvalue weighted by Gasteiger charge is 2.36. The van der Waals surface area contributed by atoms with Crippen LogP contribution in [-0.2, 0) is 14.8 Å². The van der Waals surface area contributed by atoms with Crippen LogP contribution in [0.2, 0.25) is 0 Å². The largest absolute Gasteiger partial charge is 0.378 e. The van der Waals surface area contributed by atoms with E-state index in [1.165, 1.54) is 35.3 Å². The van der Waals surface area contributed by atoms with Gasteiger partial charge < -0.3 is 10.1 Å². The molecule has 4 rings (SSSR count). The minimum atomic E-state index is -3.70. The Balaban J connectivity index is 1.54. The first-order valence-electron chi connectivity index (χ1n) is 10.1. The molecule has 2 aliphatic heterocycles. The Labute approximate surface area is 165 Å². The van der Waals surface area contributed by atoms with Crippen LogP contribution < -0.4 is 5.32 Å². The molecular weight excluding hydrogens is 382 g/mol. The predicted octanol–water partition coefficient (Wildman–Crippen LogP) is 3.14. The molecule has 3 aliphatic rings. The molecule has 9 heteroatoms. The fourth-order valence-corrected chi connectivity index (χ4v) is 5.71. The van der Waals surface area contributed by atoms with Gasteiger partial charge in [-0.05, 0) is 56.6 Å². The van der Waals surface area contributed by atoms with Crippen LogP contribution >= 0.6 is 0 Å². The number of piperidine rings is 1. The Morgan fingerprint density at radius 3 is 2.57 bits per heavy atom. The number of hydrogen-bond acceptors (Lipinski definition) is 6. The second kappa shape index (κ2) is 7.96. The van der Waals surface area contributed by atoms with E-state index in [2.05, 4.69) is 5.32 Å². The van der Waals surface area contributed by atoms with Gasteiger partial charge in [0.25, 0.3) is 5.69 Å². The van der Waals surface area contributed by atoms with Gasteiger partial charge in [0.2, 0.25) is 10.0 Å². The first kappa shape index (κ1) is 19.6. The zero-order chi connectivity index (χ0) is 19.7. The van der Waals surface area contributed by atoms with E-state index >= 15 is 0 Å². The van der Waals surface area contributed by atoms with E-state index in [0.29, 0.717) is 31.3 Å². The number of ether oxygens (including phenoxy) is 1. The highest BCUT2D eigenvalue weighted by Crippen LogP contribution is 2.39. The second-order valence-corrected chi connectivity index (χ2v) is 9.95. The SMILES string of the molecule is O=[N+]([O-])c1cc(S(=O)(=O)N2CCCCC2)ccc1NC1CCOC(C2CC2)C1. The molecule has 0 spiro atoms. The van der Waals surface area contributed by atoms with Crippen molar-refractivity contribution in [3.8, 4) is 0 Å². The molecule has 154 valence electrons. The number of benzene rings is 1. The molecule has 3 fully saturated rings. The number of nitro benzene ring substituents is 1. The fraction of sp³-hybridized carbons (Fsp3) is 0.684. The van der Waals surface area contributed by atoms with Crippen LogP contribution in [0.15, 0.2) is 23.1 Å². The van der Waals surface area contributed by atoms with E-state index < -0.39 is 14.9 Å². The second-order valence-electron chi connectivity index (χ2n) is 8.01. The Morgan fingerprint density at radius 2 is 1.89 bits per heavy atom. The Kier molecular flexibility index (Phi) is 5.57. The summed E-state index contributed by atoms with van der Waals surface area (Å²) in [7, 11) is -3.70. The summed E-state index contributed by atoms with van der Waals surface area (Å²) in [5.74, 6) is 0.622. The summed E-state index contributed by atoms with van der Waals surface area (Å²) in [6.07, 6.45) is 6.90. The van der Waals surface area contributed by atoms with Gasteiger partial charge >= 0.3 is 0 Å². The van der Waals surface area contributed by atoms with Crippen molar-refractivity contribution in [1.82, 2.24) is 4.31 Å². The third-order valence-electron chi connectivity index (χ3n) is 5.94. The van der Waals surface area contributed by atoms with Crippen LogP contribution in [0.1, 0.15) is 44.9 Å².